The molecular weight excluding hydrogens is 350 g/mol. The van der Waals surface area contributed by atoms with Crippen molar-refractivity contribution in [3.63, 3.8) is 0 Å². The molecule has 0 aromatic heterocycles. The molecule has 154 valence electrons. The molecule has 29 heavy (non-hydrogen) atoms. The van der Waals surface area contributed by atoms with E-state index in [1.165, 1.54) is 72.3 Å². The standard InChI is InChI=1S/C28H37N/c1-5-7-9-24-12-17-26(18-13-24)29(28-16-11-22(3)23(4)21-28)27-19-14-25(15-20-27)10-8-6-2/h11-14,16-21,25H,5-10,15H2,1-4H3. The van der Waals surface area contributed by atoms with Crippen LogP contribution in [0.2, 0.25) is 0 Å². The Balaban J connectivity index is 1.89. The summed E-state index contributed by atoms with van der Waals surface area (Å²) in [6, 6.07) is 16.0. The molecule has 1 nitrogen and oxygen atoms in total. The third kappa shape index (κ3) is 5.63. The molecule has 1 unspecified atom stereocenters. The maximum atomic E-state index is 2.43. The summed E-state index contributed by atoms with van der Waals surface area (Å²) in [4.78, 5) is 2.42. The average molecular weight is 388 g/mol. The lowest BCUT2D eigenvalue weighted by atomic mass is 9.93. The van der Waals surface area contributed by atoms with E-state index in [4.69, 9.17) is 0 Å². The van der Waals surface area contributed by atoms with Gasteiger partial charge in [-0.25, -0.2) is 0 Å². The molecule has 0 amide bonds. The van der Waals surface area contributed by atoms with Crippen molar-refractivity contribution in [2.45, 2.75) is 72.6 Å². The molecule has 0 saturated heterocycles. The Hall–Kier alpha value is -2.28. The van der Waals surface area contributed by atoms with Crippen LogP contribution in [0.25, 0.3) is 0 Å². The zero-order valence-electron chi connectivity index (χ0n) is 18.7. The van der Waals surface area contributed by atoms with Gasteiger partial charge < -0.3 is 4.90 Å². The Labute approximate surface area is 178 Å². The molecule has 1 atom stereocenters. The molecule has 0 saturated carbocycles. The highest BCUT2D eigenvalue weighted by atomic mass is 15.1. The van der Waals surface area contributed by atoms with Gasteiger partial charge in [-0.1, -0.05) is 63.5 Å². The maximum Gasteiger partial charge on any atom is 0.0464 e. The zero-order valence-corrected chi connectivity index (χ0v) is 18.7. The number of hydrogen-bond acceptors (Lipinski definition) is 1. The lowest BCUT2D eigenvalue weighted by Gasteiger charge is -2.29. The van der Waals surface area contributed by atoms with Gasteiger partial charge in [0.1, 0.15) is 0 Å². The van der Waals surface area contributed by atoms with E-state index < -0.39 is 0 Å². The van der Waals surface area contributed by atoms with Crippen LogP contribution in [-0.4, -0.2) is 0 Å². The van der Waals surface area contributed by atoms with E-state index in [1.807, 2.05) is 0 Å². The van der Waals surface area contributed by atoms with Crippen molar-refractivity contribution >= 4 is 11.4 Å². The SMILES string of the molecule is CCCCc1ccc(N(C2=CCC(CCCC)C=C2)c2ccc(C)c(C)c2)cc1. The summed E-state index contributed by atoms with van der Waals surface area (Å²) >= 11 is 0. The van der Waals surface area contributed by atoms with Crippen molar-refractivity contribution < 1.29 is 0 Å². The third-order valence-corrected chi connectivity index (χ3v) is 6.12. The summed E-state index contributed by atoms with van der Waals surface area (Å²) in [7, 11) is 0. The second kappa shape index (κ2) is 10.5. The number of benzene rings is 2. The minimum atomic E-state index is 0.691. The fourth-order valence-electron chi connectivity index (χ4n) is 4.00. The molecule has 0 spiro atoms. The van der Waals surface area contributed by atoms with E-state index in [2.05, 4.69) is 93.3 Å². The van der Waals surface area contributed by atoms with Crippen molar-refractivity contribution in [1.82, 2.24) is 0 Å². The fraction of sp³-hybridized carbons (Fsp3) is 0.429. The Kier molecular flexibility index (Phi) is 7.75. The molecule has 2 aromatic rings. The predicted molar refractivity (Wildman–Crippen MR) is 128 cm³/mol. The lowest BCUT2D eigenvalue weighted by molar-refractivity contribution is 0.555. The van der Waals surface area contributed by atoms with Crippen LogP contribution in [0.4, 0.5) is 11.4 Å². The van der Waals surface area contributed by atoms with Gasteiger partial charge in [0.05, 0.1) is 0 Å². The largest absolute Gasteiger partial charge is 0.311 e. The molecule has 1 aliphatic rings. The van der Waals surface area contributed by atoms with Crippen molar-refractivity contribution in [1.29, 1.82) is 0 Å². The van der Waals surface area contributed by atoms with E-state index in [0.29, 0.717) is 5.92 Å². The second-order valence-corrected chi connectivity index (χ2v) is 8.50. The maximum absolute atomic E-state index is 2.43. The quantitative estimate of drug-likeness (QED) is 0.417. The molecule has 3 rings (SSSR count). The number of anilines is 2. The zero-order chi connectivity index (χ0) is 20.6. The topological polar surface area (TPSA) is 3.24 Å². The van der Waals surface area contributed by atoms with Crippen LogP contribution >= 0.6 is 0 Å². The highest BCUT2D eigenvalue weighted by Gasteiger charge is 2.17. The monoisotopic (exact) mass is 387 g/mol. The second-order valence-electron chi connectivity index (χ2n) is 8.50. The number of unbranched alkanes of at least 4 members (excludes halogenated alkanes) is 2. The lowest BCUT2D eigenvalue weighted by Crippen LogP contribution is -2.18. The van der Waals surface area contributed by atoms with Crippen LogP contribution in [0.5, 0.6) is 0 Å². The normalized spacial score (nSPS) is 16.0. The van der Waals surface area contributed by atoms with Crippen molar-refractivity contribution in [2.75, 3.05) is 4.90 Å². The summed E-state index contributed by atoms with van der Waals surface area (Å²) < 4.78 is 0. The first-order chi connectivity index (χ1) is 14.1. The van der Waals surface area contributed by atoms with E-state index in [9.17, 15) is 0 Å². The molecule has 1 heteroatoms. The summed E-state index contributed by atoms with van der Waals surface area (Å²) in [6.45, 7) is 8.92. The van der Waals surface area contributed by atoms with Gasteiger partial charge in [-0.3, -0.25) is 0 Å². The summed E-state index contributed by atoms with van der Waals surface area (Å²) in [5, 5.41) is 0. The smallest absolute Gasteiger partial charge is 0.0464 e. The van der Waals surface area contributed by atoms with E-state index in [1.54, 1.807) is 0 Å². The van der Waals surface area contributed by atoms with E-state index in [0.717, 1.165) is 6.42 Å². The molecule has 0 radical (unpaired) electrons. The summed E-state index contributed by atoms with van der Waals surface area (Å²) in [6.07, 6.45) is 15.9. The molecule has 0 aliphatic heterocycles. The number of rotatable bonds is 9. The van der Waals surface area contributed by atoms with Crippen LogP contribution in [0.1, 0.15) is 69.1 Å². The van der Waals surface area contributed by atoms with Crippen molar-refractivity contribution in [3.05, 3.63) is 83.1 Å². The van der Waals surface area contributed by atoms with Gasteiger partial charge in [-0.15, -0.1) is 0 Å². The summed E-state index contributed by atoms with van der Waals surface area (Å²) in [5.74, 6) is 0.691. The van der Waals surface area contributed by atoms with Crippen molar-refractivity contribution in [3.8, 4) is 0 Å². The first-order valence-electron chi connectivity index (χ1n) is 11.5. The number of aryl methyl sites for hydroxylation is 3. The van der Waals surface area contributed by atoms with Crippen LogP contribution in [-0.2, 0) is 6.42 Å². The average Bonchev–Trinajstić information content (AvgIpc) is 2.75. The number of nitrogens with zero attached hydrogens (tertiary/aromatic N) is 1. The molecule has 0 bridgehead atoms. The molecule has 0 heterocycles. The van der Waals surface area contributed by atoms with E-state index in [-0.39, 0.29) is 0 Å². The van der Waals surface area contributed by atoms with Crippen LogP contribution < -0.4 is 4.90 Å². The number of allylic oxidation sites excluding steroid dienone is 3. The Bertz CT molecular complexity index is 841. The van der Waals surface area contributed by atoms with Gasteiger partial charge in [0.2, 0.25) is 0 Å². The first kappa shape index (κ1) is 21.4. The highest BCUT2D eigenvalue weighted by molar-refractivity contribution is 5.71. The van der Waals surface area contributed by atoms with Gasteiger partial charge in [0.25, 0.3) is 0 Å². The molecule has 0 N–H and O–H groups in total. The van der Waals surface area contributed by atoms with Crippen LogP contribution in [0.15, 0.2) is 66.4 Å². The minimum absolute atomic E-state index is 0.691. The molecule has 1 aliphatic carbocycles. The van der Waals surface area contributed by atoms with Crippen LogP contribution in [0, 0.1) is 19.8 Å². The van der Waals surface area contributed by atoms with Gasteiger partial charge in [-0.05, 0) is 92.5 Å². The Morgan fingerprint density at radius 3 is 2.21 bits per heavy atom. The minimum Gasteiger partial charge on any atom is -0.311 e. The molecule has 0 fully saturated rings. The fourth-order valence-corrected chi connectivity index (χ4v) is 4.00. The Morgan fingerprint density at radius 1 is 0.862 bits per heavy atom. The van der Waals surface area contributed by atoms with Gasteiger partial charge in [0, 0.05) is 17.1 Å². The van der Waals surface area contributed by atoms with Crippen molar-refractivity contribution in [2.24, 2.45) is 5.92 Å². The third-order valence-electron chi connectivity index (χ3n) is 6.12. The van der Waals surface area contributed by atoms with Gasteiger partial charge in [-0.2, -0.15) is 0 Å². The Morgan fingerprint density at radius 2 is 1.59 bits per heavy atom. The summed E-state index contributed by atoms with van der Waals surface area (Å²) in [5.41, 5.74) is 7.91. The first-order valence-corrected chi connectivity index (χ1v) is 11.5. The highest BCUT2D eigenvalue weighted by Crippen LogP contribution is 2.34. The van der Waals surface area contributed by atoms with E-state index >= 15 is 0 Å². The molecular formula is C28H37N. The van der Waals surface area contributed by atoms with Crippen LogP contribution in [0.3, 0.4) is 0 Å². The predicted octanol–water partition coefficient (Wildman–Crippen LogP) is 8.43. The van der Waals surface area contributed by atoms with Gasteiger partial charge >= 0.3 is 0 Å². The number of hydrogen-bond donors (Lipinski definition) is 0. The molecule has 2 aromatic carbocycles. The van der Waals surface area contributed by atoms with Gasteiger partial charge in [0.15, 0.2) is 0 Å².